The van der Waals surface area contributed by atoms with E-state index in [4.69, 9.17) is 28.3 Å². The molecule has 2 N–H and O–H groups in total. The number of carbonyl (C=O) groups excluding carboxylic acids is 1. The van der Waals surface area contributed by atoms with Gasteiger partial charge in [-0.25, -0.2) is 4.98 Å². The summed E-state index contributed by atoms with van der Waals surface area (Å²) < 4.78 is 0. The smallest absolute Gasteiger partial charge is 0.258 e. The first-order chi connectivity index (χ1) is 8.56. The van der Waals surface area contributed by atoms with E-state index in [0.717, 1.165) is 0 Å². The Kier molecular flexibility index (Phi) is 3.69. The van der Waals surface area contributed by atoms with Gasteiger partial charge in [0, 0.05) is 5.69 Å². The van der Waals surface area contributed by atoms with Crippen molar-refractivity contribution in [3.8, 4) is 5.75 Å². The summed E-state index contributed by atoms with van der Waals surface area (Å²) in [6.07, 6.45) is 0. The maximum absolute atomic E-state index is 11.9. The second-order valence-corrected chi connectivity index (χ2v) is 4.22. The fourth-order valence-corrected chi connectivity index (χ4v) is 1.76. The van der Waals surface area contributed by atoms with Gasteiger partial charge in [0.15, 0.2) is 0 Å². The van der Waals surface area contributed by atoms with Crippen molar-refractivity contribution < 1.29 is 9.90 Å². The van der Waals surface area contributed by atoms with E-state index in [0.29, 0.717) is 5.69 Å². The van der Waals surface area contributed by atoms with Crippen molar-refractivity contribution in [1.82, 2.24) is 4.98 Å². The Hall–Kier alpha value is -1.78. The normalized spacial score (nSPS) is 10.1. The molecule has 0 atom stereocenters. The lowest BCUT2D eigenvalue weighted by atomic mass is 10.2. The lowest BCUT2D eigenvalue weighted by Gasteiger charge is -2.06. The highest BCUT2D eigenvalue weighted by Gasteiger charge is 2.12. The minimum Gasteiger partial charge on any atom is -0.508 e. The van der Waals surface area contributed by atoms with Crippen LogP contribution < -0.4 is 5.32 Å². The number of aromatic nitrogens is 1. The molecule has 1 aromatic heterocycles. The van der Waals surface area contributed by atoms with Gasteiger partial charge >= 0.3 is 0 Å². The van der Waals surface area contributed by atoms with E-state index in [1.165, 1.54) is 24.3 Å². The molecule has 1 aromatic carbocycles. The van der Waals surface area contributed by atoms with E-state index in [1.54, 1.807) is 12.1 Å². The summed E-state index contributed by atoms with van der Waals surface area (Å²) in [4.78, 5) is 15.7. The average Bonchev–Trinajstić information content (AvgIpc) is 2.32. The molecule has 18 heavy (non-hydrogen) atoms. The van der Waals surface area contributed by atoms with Gasteiger partial charge in [0.1, 0.15) is 16.1 Å². The molecule has 92 valence electrons. The number of nitrogens with zero attached hydrogens (tertiary/aromatic N) is 1. The number of phenolic OH excluding ortho intramolecular Hbond substituents is 1. The van der Waals surface area contributed by atoms with Crippen LogP contribution in [0.25, 0.3) is 0 Å². The van der Waals surface area contributed by atoms with Crippen molar-refractivity contribution in [2.75, 3.05) is 5.32 Å². The topological polar surface area (TPSA) is 62.2 Å². The van der Waals surface area contributed by atoms with Gasteiger partial charge in [-0.2, -0.15) is 0 Å². The van der Waals surface area contributed by atoms with Gasteiger partial charge in [-0.05, 0) is 36.4 Å². The third-order valence-electron chi connectivity index (χ3n) is 2.18. The van der Waals surface area contributed by atoms with Crippen LogP contribution in [0.15, 0.2) is 36.4 Å². The second kappa shape index (κ2) is 5.25. The van der Waals surface area contributed by atoms with Gasteiger partial charge in [0.05, 0.1) is 5.56 Å². The number of pyridine rings is 1. The van der Waals surface area contributed by atoms with Gasteiger partial charge in [0.2, 0.25) is 0 Å². The first kappa shape index (κ1) is 12.7. The van der Waals surface area contributed by atoms with E-state index < -0.39 is 5.91 Å². The SMILES string of the molecule is O=C(Nc1ccc(O)cc1)c1ccc(Cl)nc1Cl. The third kappa shape index (κ3) is 2.91. The third-order valence-corrected chi connectivity index (χ3v) is 2.68. The van der Waals surface area contributed by atoms with Gasteiger partial charge in [-0.1, -0.05) is 23.2 Å². The van der Waals surface area contributed by atoms with E-state index in [2.05, 4.69) is 10.3 Å². The molecule has 0 aliphatic carbocycles. The lowest BCUT2D eigenvalue weighted by molar-refractivity contribution is 0.102. The van der Waals surface area contributed by atoms with Gasteiger partial charge in [-0.3, -0.25) is 4.79 Å². The van der Waals surface area contributed by atoms with Gasteiger partial charge < -0.3 is 10.4 Å². The van der Waals surface area contributed by atoms with Crippen molar-refractivity contribution >= 4 is 34.8 Å². The Morgan fingerprint density at radius 2 is 1.78 bits per heavy atom. The molecule has 0 unspecified atom stereocenters. The Morgan fingerprint density at radius 3 is 2.39 bits per heavy atom. The molecule has 0 aliphatic rings. The van der Waals surface area contributed by atoms with Crippen LogP contribution in [0.2, 0.25) is 10.3 Å². The molecular formula is C12H8Cl2N2O2. The fraction of sp³-hybridized carbons (Fsp3) is 0. The predicted octanol–water partition coefficient (Wildman–Crippen LogP) is 3.35. The van der Waals surface area contributed by atoms with E-state index in [9.17, 15) is 4.79 Å². The summed E-state index contributed by atoms with van der Waals surface area (Å²) in [6, 6.07) is 9.07. The fourth-order valence-electron chi connectivity index (χ4n) is 1.32. The van der Waals surface area contributed by atoms with Gasteiger partial charge in [-0.15, -0.1) is 0 Å². The molecule has 0 bridgehead atoms. The lowest BCUT2D eigenvalue weighted by Crippen LogP contribution is -2.12. The van der Waals surface area contributed by atoms with Crippen LogP contribution in [0.4, 0.5) is 5.69 Å². The molecule has 1 amide bonds. The summed E-state index contributed by atoms with van der Waals surface area (Å²) in [5, 5.41) is 12.0. The van der Waals surface area contributed by atoms with Crippen LogP contribution in [0.5, 0.6) is 5.75 Å². The number of anilines is 1. The number of halogens is 2. The van der Waals surface area contributed by atoms with E-state index >= 15 is 0 Å². The highest BCUT2D eigenvalue weighted by molar-refractivity contribution is 6.35. The molecule has 4 nitrogen and oxygen atoms in total. The van der Waals surface area contributed by atoms with Crippen molar-refractivity contribution in [2.45, 2.75) is 0 Å². The number of nitrogens with one attached hydrogen (secondary N) is 1. The molecule has 6 heteroatoms. The highest BCUT2D eigenvalue weighted by atomic mass is 35.5. The Labute approximate surface area is 113 Å². The van der Waals surface area contributed by atoms with Crippen molar-refractivity contribution in [3.63, 3.8) is 0 Å². The molecule has 2 rings (SSSR count). The Bertz CT molecular complexity index is 585. The van der Waals surface area contributed by atoms with E-state index in [-0.39, 0.29) is 21.6 Å². The summed E-state index contributed by atoms with van der Waals surface area (Å²) in [5.74, 6) is -0.269. The van der Waals surface area contributed by atoms with Crippen LogP contribution >= 0.6 is 23.2 Å². The summed E-state index contributed by atoms with van der Waals surface area (Å²) in [7, 11) is 0. The number of benzene rings is 1. The number of aromatic hydroxyl groups is 1. The van der Waals surface area contributed by atoms with Crippen molar-refractivity contribution in [2.24, 2.45) is 0 Å². The summed E-state index contributed by atoms with van der Waals surface area (Å²) >= 11 is 11.5. The monoisotopic (exact) mass is 282 g/mol. The first-order valence-electron chi connectivity index (χ1n) is 4.98. The van der Waals surface area contributed by atoms with Gasteiger partial charge in [0.25, 0.3) is 5.91 Å². The molecule has 0 spiro atoms. The molecule has 2 aromatic rings. The zero-order valence-electron chi connectivity index (χ0n) is 9.02. The quantitative estimate of drug-likeness (QED) is 0.656. The molecular weight excluding hydrogens is 275 g/mol. The van der Waals surface area contributed by atoms with Crippen molar-refractivity contribution in [3.05, 3.63) is 52.3 Å². The number of rotatable bonds is 2. The average molecular weight is 283 g/mol. The predicted molar refractivity (Wildman–Crippen MR) is 70.3 cm³/mol. The van der Waals surface area contributed by atoms with E-state index in [1.807, 2.05) is 0 Å². The van der Waals surface area contributed by atoms with Crippen molar-refractivity contribution in [1.29, 1.82) is 0 Å². The standard InChI is InChI=1S/C12H8Cl2N2O2/c13-10-6-5-9(11(14)16-10)12(18)15-7-1-3-8(17)4-2-7/h1-6,17H,(H,15,18). The Morgan fingerprint density at radius 1 is 1.11 bits per heavy atom. The minimum absolute atomic E-state index is 0.0405. The van der Waals surface area contributed by atoms with Crippen LogP contribution in [0.3, 0.4) is 0 Å². The zero-order valence-corrected chi connectivity index (χ0v) is 10.5. The first-order valence-corrected chi connectivity index (χ1v) is 5.74. The molecule has 0 saturated heterocycles. The maximum atomic E-state index is 11.9. The number of hydrogen-bond acceptors (Lipinski definition) is 3. The molecule has 1 heterocycles. The second-order valence-electron chi connectivity index (χ2n) is 3.47. The van der Waals surface area contributed by atoms with Crippen LogP contribution in [0.1, 0.15) is 10.4 Å². The van der Waals surface area contributed by atoms with Crippen LogP contribution in [-0.2, 0) is 0 Å². The van der Waals surface area contributed by atoms with Crippen LogP contribution in [0, 0.1) is 0 Å². The van der Waals surface area contributed by atoms with Crippen LogP contribution in [-0.4, -0.2) is 16.0 Å². The molecule has 0 radical (unpaired) electrons. The minimum atomic E-state index is -0.394. The maximum Gasteiger partial charge on any atom is 0.258 e. The highest BCUT2D eigenvalue weighted by Crippen LogP contribution is 2.19. The largest absolute Gasteiger partial charge is 0.508 e. The number of carbonyl (C=O) groups is 1. The number of hydrogen-bond donors (Lipinski definition) is 2. The zero-order chi connectivity index (χ0) is 13.1. The molecule has 0 fully saturated rings. The summed E-state index contributed by atoms with van der Waals surface area (Å²) in [5.41, 5.74) is 0.776. The molecule has 0 saturated carbocycles. The number of amides is 1. The number of phenols is 1. The Balaban J connectivity index is 2.19. The summed E-state index contributed by atoms with van der Waals surface area (Å²) in [6.45, 7) is 0. The molecule has 0 aliphatic heterocycles.